The highest BCUT2D eigenvalue weighted by molar-refractivity contribution is 9.10. The number of carbonyl (C=O) groups excluding carboxylic acids is 1. The van der Waals surface area contributed by atoms with Crippen molar-refractivity contribution in [3.63, 3.8) is 0 Å². The summed E-state index contributed by atoms with van der Waals surface area (Å²) in [5.41, 5.74) is 1.08. The van der Waals surface area contributed by atoms with Crippen molar-refractivity contribution < 1.29 is 9.53 Å². The van der Waals surface area contributed by atoms with Crippen LogP contribution in [0.5, 0.6) is 5.75 Å². The summed E-state index contributed by atoms with van der Waals surface area (Å²) in [5.74, 6) is 0.672. The molecular weight excluding hydrogens is 332 g/mol. The van der Waals surface area contributed by atoms with Crippen LogP contribution in [0.2, 0.25) is 0 Å². The third kappa shape index (κ3) is 5.32. The first-order chi connectivity index (χ1) is 10.1. The van der Waals surface area contributed by atoms with Gasteiger partial charge in [0.1, 0.15) is 5.75 Å². The van der Waals surface area contributed by atoms with Crippen LogP contribution in [0.15, 0.2) is 22.7 Å². The molecule has 1 fully saturated rings. The minimum atomic E-state index is -0.0822. The van der Waals surface area contributed by atoms with Gasteiger partial charge in [-0.25, -0.2) is 0 Å². The molecule has 5 heteroatoms. The van der Waals surface area contributed by atoms with Crippen LogP contribution < -0.4 is 15.4 Å². The minimum absolute atomic E-state index is 0.0450. The Bertz CT molecular complexity index is 489. The first-order valence-corrected chi connectivity index (χ1v) is 8.32. The SMILES string of the molecule is CCC(C)NC(=O)COc1c(Br)cccc1CNC1CC1. The molecule has 2 N–H and O–H groups in total. The van der Waals surface area contributed by atoms with Gasteiger partial charge in [-0.15, -0.1) is 0 Å². The van der Waals surface area contributed by atoms with Crippen LogP contribution in [0.25, 0.3) is 0 Å². The van der Waals surface area contributed by atoms with Gasteiger partial charge in [-0.05, 0) is 48.2 Å². The van der Waals surface area contributed by atoms with E-state index in [1.807, 2.05) is 32.0 Å². The third-order valence-electron chi connectivity index (χ3n) is 3.57. The lowest BCUT2D eigenvalue weighted by Crippen LogP contribution is -2.35. The van der Waals surface area contributed by atoms with Crippen molar-refractivity contribution >= 4 is 21.8 Å². The average molecular weight is 355 g/mol. The highest BCUT2D eigenvalue weighted by Crippen LogP contribution is 2.30. The van der Waals surface area contributed by atoms with Gasteiger partial charge < -0.3 is 15.4 Å². The largest absolute Gasteiger partial charge is 0.482 e. The highest BCUT2D eigenvalue weighted by Gasteiger charge is 2.21. The molecule has 21 heavy (non-hydrogen) atoms. The normalized spacial score (nSPS) is 15.6. The molecule has 1 aliphatic rings. The molecule has 116 valence electrons. The summed E-state index contributed by atoms with van der Waals surface area (Å²) in [7, 11) is 0. The molecule has 0 spiro atoms. The monoisotopic (exact) mass is 354 g/mol. The molecule has 1 aromatic rings. The number of halogens is 1. The summed E-state index contributed by atoms with van der Waals surface area (Å²) in [4.78, 5) is 11.8. The number of para-hydroxylation sites is 1. The van der Waals surface area contributed by atoms with Gasteiger partial charge in [-0.1, -0.05) is 19.1 Å². The number of ether oxygens (including phenoxy) is 1. The summed E-state index contributed by atoms with van der Waals surface area (Å²) in [6, 6.07) is 6.77. The number of hydrogen-bond donors (Lipinski definition) is 2. The molecule has 0 aliphatic heterocycles. The number of nitrogens with one attached hydrogen (secondary N) is 2. The summed E-state index contributed by atoms with van der Waals surface area (Å²) >= 11 is 3.50. The molecule has 1 amide bonds. The second-order valence-electron chi connectivity index (χ2n) is 5.55. The Labute approximate surface area is 134 Å². The Morgan fingerprint density at radius 3 is 2.90 bits per heavy atom. The Balaban J connectivity index is 1.92. The van der Waals surface area contributed by atoms with Crippen LogP contribution in [0.1, 0.15) is 38.7 Å². The third-order valence-corrected chi connectivity index (χ3v) is 4.20. The van der Waals surface area contributed by atoms with E-state index in [0.29, 0.717) is 6.04 Å². The first-order valence-electron chi connectivity index (χ1n) is 7.53. The number of hydrogen-bond acceptors (Lipinski definition) is 3. The fourth-order valence-corrected chi connectivity index (χ4v) is 2.47. The molecule has 1 aliphatic carbocycles. The fourth-order valence-electron chi connectivity index (χ4n) is 1.95. The quantitative estimate of drug-likeness (QED) is 0.754. The molecule has 4 nitrogen and oxygen atoms in total. The predicted molar refractivity (Wildman–Crippen MR) is 87.4 cm³/mol. The molecule has 0 heterocycles. The fraction of sp³-hybridized carbons (Fsp3) is 0.562. The molecule has 0 radical (unpaired) electrons. The standard InChI is InChI=1S/C16H23BrN2O2/c1-3-11(2)19-15(20)10-21-16-12(5-4-6-14(16)17)9-18-13-7-8-13/h4-6,11,13,18H,3,7-10H2,1-2H3,(H,19,20). The number of amides is 1. The van der Waals surface area contributed by atoms with Gasteiger partial charge in [-0.3, -0.25) is 4.79 Å². The van der Waals surface area contributed by atoms with Crippen molar-refractivity contribution in [2.75, 3.05) is 6.61 Å². The van der Waals surface area contributed by atoms with Crippen molar-refractivity contribution in [1.29, 1.82) is 0 Å². The number of rotatable bonds is 8. The van der Waals surface area contributed by atoms with Gasteiger partial charge >= 0.3 is 0 Å². The molecule has 1 aromatic carbocycles. The zero-order chi connectivity index (χ0) is 15.2. The van der Waals surface area contributed by atoms with E-state index in [-0.39, 0.29) is 18.6 Å². The van der Waals surface area contributed by atoms with Crippen LogP contribution in [0, 0.1) is 0 Å². The molecule has 0 bridgehead atoms. The Kier molecular flexibility index (Phi) is 6.06. The topological polar surface area (TPSA) is 50.4 Å². The molecule has 0 saturated heterocycles. The van der Waals surface area contributed by atoms with E-state index in [9.17, 15) is 4.79 Å². The Morgan fingerprint density at radius 2 is 2.24 bits per heavy atom. The van der Waals surface area contributed by atoms with Gasteiger partial charge in [0.05, 0.1) is 4.47 Å². The van der Waals surface area contributed by atoms with Crippen LogP contribution in [0.4, 0.5) is 0 Å². The van der Waals surface area contributed by atoms with E-state index in [0.717, 1.165) is 28.8 Å². The van der Waals surface area contributed by atoms with Crippen molar-refractivity contribution in [2.24, 2.45) is 0 Å². The average Bonchev–Trinajstić information content (AvgIpc) is 3.28. The molecule has 2 rings (SSSR count). The smallest absolute Gasteiger partial charge is 0.258 e. The van der Waals surface area contributed by atoms with Crippen LogP contribution >= 0.6 is 15.9 Å². The van der Waals surface area contributed by atoms with Crippen LogP contribution in [-0.2, 0) is 11.3 Å². The zero-order valence-corrected chi connectivity index (χ0v) is 14.2. The van der Waals surface area contributed by atoms with E-state index in [4.69, 9.17) is 4.74 Å². The van der Waals surface area contributed by atoms with Gasteiger partial charge in [-0.2, -0.15) is 0 Å². The maximum Gasteiger partial charge on any atom is 0.258 e. The van der Waals surface area contributed by atoms with Crippen molar-refractivity contribution in [3.8, 4) is 5.75 Å². The number of benzene rings is 1. The second-order valence-corrected chi connectivity index (χ2v) is 6.40. The lowest BCUT2D eigenvalue weighted by atomic mass is 10.2. The molecule has 1 unspecified atom stereocenters. The van der Waals surface area contributed by atoms with Gasteiger partial charge in [0.15, 0.2) is 6.61 Å². The number of carbonyl (C=O) groups is 1. The van der Waals surface area contributed by atoms with Gasteiger partial charge in [0.25, 0.3) is 5.91 Å². The Morgan fingerprint density at radius 1 is 1.48 bits per heavy atom. The van der Waals surface area contributed by atoms with Crippen molar-refractivity contribution in [3.05, 3.63) is 28.2 Å². The van der Waals surface area contributed by atoms with E-state index < -0.39 is 0 Å². The zero-order valence-electron chi connectivity index (χ0n) is 12.6. The summed E-state index contributed by atoms with van der Waals surface area (Å²) in [6.45, 7) is 4.85. The maximum absolute atomic E-state index is 11.8. The second kappa shape index (κ2) is 7.80. The van der Waals surface area contributed by atoms with Gasteiger partial charge in [0.2, 0.25) is 0 Å². The first kappa shape index (κ1) is 16.3. The van der Waals surface area contributed by atoms with Crippen molar-refractivity contribution in [1.82, 2.24) is 10.6 Å². The lowest BCUT2D eigenvalue weighted by molar-refractivity contribution is -0.123. The summed E-state index contributed by atoms with van der Waals surface area (Å²) in [6.07, 6.45) is 3.42. The lowest BCUT2D eigenvalue weighted by Gasteiger charge is -2.15. The van der Waals surface area contributed by atoms with Gasteiger partial charge in [0, 0.05) is 24.2 Å². The molecule has 1 saturated carbocycles. The van der Waals surface area contributed by atoms with E-state index in [2.05, 4.69) is 26.6 Å². The van der Waals surface area contributed by atoms with E-state index in [1.165, 1.54) is 12.8 Å². The Hall–Kier alpha value is -1.07. The van der Waals surface area contributed by atoms with Crippen molar-refractivity contribution in [2.45, 2.75) is 51.7 Å². The molecule has 0 aromatic heterocycles. The molecule has 1 atom stereocenters. The van der Waals surface area contributed by atoms with Crippen LogP contribution in [0.3, 0.4) is 0 Å². The predicted octanol–water partition coefficient (Wildman–Crippen LogP) is 2.99. The summed E-state index contributed by atoms with van der Waals surface area (Å²) in [5, 5.41) is 6.37. The highest BCUT2D eigenvalue weighted by atomic mass is 79.9. The maximum atomic E-state index is 11.8. The summed E-state index contributed by atoms with van der Waals surface area (Å²) < 4.78 is 6.61. The molecular formula is C16H23BrN2O2. The minimum Gasteiger partial charge on any atom is -0.482 e. The van der Waals surface area contributed by atoms with E-state index >= 15 is 0 Å². The van der Waals surface area contributed by atoms with Crippen LogP contribution in [-0.4, -0.2) is 24.6 Å². The van der Waals surface area contributed by atoms with E-state index in [1.54, 1.807) is 0 Å².